The number of likely N-dealkylation sites (N-methyl/N-ethyl adjacent to an activating group) is 1. The van der Waals surface area contributed by atoms with Crippen LogP contribution in [-0.2, 0) is 15.7 Å². The molecule has 0 saturated heterocycles. The number of carbonyl (C=O) groups is 2. The maximum Gasteiger partial charge on any atom is 0.417 e. The average Bonchev–Trinajstić information content (AvgIpc) is 3.46. The number of fused-ring (bicyclic) bond motifs is 1. The molecule has 3 aromatic heterocycles. The highest BCUT2D eigenvalue weighted by Gasteiger charge is 2.36. The summed E-state index contributed by atoms with van der Waals surface area (Å²) >= 11 is 2.11. The van der Waals surface area contributed by atoms with Gasteiger partial charge in [-0.3, -0.25) is 4.79 Å². The largest absolute Gasteiger partial charge is 0.451 e. The standard InChI is InChI=1S/C24H19F3N2O3S2/c1-3-29(15-8-5-4-6-9-15)19(30)13-32-23(31)21-14(2)20-16(24(25,26)27)12-17(28-22(20)34-21)18-10-7-11-33-18/h4-12H,3,13H2,1-2H3. The monoisotopic (exact) mass is 504 g/mol. The fourth-order valence-corrected chi connectivity index (χ4v) is 5.38. The number of aromatic nitrogens is 1. The van der Waals surface area contributed by atoms with Crippen molar-refractivity contribution in [3.63, 3.8) is 0 Å². The van der Waals surface area contributed by atoms with Crippen LogP contribution in [0.15, 0.2) is 53.9 Å². The van der Waals surface area contributed by atoms with Crippen molar-refractivity contribution in [1.82, 2.24) is 4.98 Å². The number of alkyl halides is 3. The molecule has 1 amide bonds. The van der Waals surface area contributed by atoms with E-state index in [0.717, 1.165) is 17.4 Å². The van der Waals surface area contributed by atoms with E-state index < -0.39 is 30.2 Å². The first-order valence-electron chi connectivity index (χ1n) is 10.3. The zero-order valence-corrected chi connectivity index (χ0v) is 19.8. The van der Waals surface area contributed by atoms with E-state index in [-0.39, 0.29) is 26.4 Å². The number of thiophene rings is 2. The highest BCUT2D eigenvalue weighted by Crippen LogP contribution is 2.42. The number of rotatable bonds is 6. The van der Waals surface area contributed by atoms with Gasteiger partial charge in [0, 0.05) is 17.6 Å². The number of hydrogen-bond acceptors (Lipinski definition) is 6. The summed E-state index contributed by atoms with van der Waals surface area (Å²) in [6, 6.07) is 13.3. The molecule has 0 unspecified atom stereocenters. The van der Waals surface area contributed by atoms with Gasteiger partial charge >= 0.3 is 12.1 Å². The van der Waals surface area contributed by atoms with E-state index in [1.807, 2.05) is 6.07 Å². The molecule has 0 radical (unpaired) electrons. The number of esters is 1. The number of para-hydroxylation sites is 1. The minimum atomic E-state index is -4.63. The van der Waals surface area contributed by atoms with Crippen LogP contribution in [0.1, 0.15) is 27.7 Å². The van der Waals surface area contributed by atoms with Crippen molar-refractivity contribution in [1.29, 1.82) is 0 Å². The first-order valence-corrected chi connectivity index (χ1v) is 12.0. The minimum absolute atomic E-state index is 0.00751. The lowest BCUT2D eigenvalue weighted by Crippen LogP contribution is -2.34. The van der Waals surface area contributed by atoms with E-state index in [1.54, 1.807) is 48.7 Å². The Bertz CT molecular complexity index is 1330. The molecule has 176 valence electrons. The third-order valence-corrected chi connectivity index (χ3v) is 7.24. The number of benzene rings is 1. The summed E-state index contributed by atoms with van der Waals surface area (Å²) in [5.41, 5.74) is 0.119. The highest BCUT2D eigenvalue weighted by molar-refractivity contribution is 7.20. The van der Waals surface area contributed by atoms with Crippen LogP contribution in [0.4, 0.5) is 18.9 Å². The van der Waals surface area contributed by atoms with Gasteiger partial charge in [-0.1, -0.05) is 24.3 Å². The van der Waals surface area contributed by atoms with Crippen molar-refractivity contribution in [2.24, 2.45) is 0 Å². The number of aryl methyl sites for hydroxylation is 1. The van der Waals surface area contributed by atoms with Crippen LogP contribution in [0.25, 0.3) is 20.8 Å². The van der Waals surface area contributed by atoms with E-state index in [0.29, 0.717) is 17.1 Å². The Morgan fingerprint density at radius 1 is 1.12 bits per heavy atom. The number of nitrogens with zero attached hydrogens (tertiary/aromatic N) is 2. The molecule has 0 aliphatic carbocycles. The van der Waals surface area contributed by atoms with Gasteiger partial charge in [0.25, 0.3) is 5.91 Å². The number of halogens is 3. The quantitative estimate of drug-likeness (QED) is 0.279. The van der Waals surface area contributed by atoms with E-state index in [9.17, 15) is 22.8 Å². The Labute approximate surface area is 201 Å². The first-order chi connectivity index (χ1) is 16.2. The predicted octanol–water partition coefficient (Wildman–Crippen LogP) is 6.56. The van der Waals surface area contributed by atoms with Crippen molar-refractivity contribution in [3.05, 3.63) is 69.9 Å². The Balaban J connectivity index is 1.63. The van der Waals surface area contributed by atoms with E-state index in [2.05, 4.69) is 4.98 Å². The number of ether oxygens (including phenoxy) is 1. The van der Waals surface area contributed by atoms with Gasteiger partial charge in [-0.25, -0.2) is 9.78 Å². The van der Waals surface area contributed by atoms with Crippen LogP contribution in [0, 0.1) is 6.92 Å². The lowest BCUT2D eigenvalue weighted by molar-refractivity contribution is -0.136. The van der Waals surface area contributed by atoms with Gasteiger partial charge in [0.1, 0.15) is 9.71 Å². The molecule has 34 heavy (non-hydrogen) atoms. The summed E-state index contributed by atoms with van der Waals surface area (Å²) in [5.74, 6) is -1.29. The SMILES string of the molecule is CCN(C(=O)COC(=O)c1sc2nc(-c3cccs3)cc(C(F)(F)F)c2c1C)c1ccccc1. The molecule has 0 bridgehead atoms. The van der Waals surface area contributed by atoms with Gasteiger partial charge in [0.2, 0.25) is 0 Å². The van der Waals surface area contributed by atoms with E-state index in [4.69, 9.17) is 4.74 Å². The van der Waals surface area contributed by atoms with Crippen LogP contribution < -0.4 is 4.90 Å². The molecule has 0 aliphatic heterocycles. The summed E-state index contributed by atoms with van der Waals surface area (Å²) in [7, 11) is 0. The molecule has 3 heterocycles. The van der Waals surface area contributed by atoms with Crippen molar-refractivity contribution in [2.45, 2.75) is 20.0 Å². The Hall–Kier alpha value is -3.24. The fourth-order valence-electron chi connectivity index (χ4n) is 3.60. The van der Waals surface area contributed by atoms with Gasteiger partial charge in [-0.05, 0) is 49.1 Å². The second-order valence-corrected chi connectivity index (χ2v) is 9.26. The van der Waals surface area contributed by atoms with Gasteiger partial charge in [-0.2, -0.15) is 13.2 Å². The molecule has 0 aliphatic rings. The Morgan fingerprint density at radius 2 is 1.85 bits per heavy atom. The normalized spacial score (nSPS) is 11.6. The van der Waals surface area contributed by atoms with E-state index in [1.165, 1.54) is 23.2 Å². The number of carbonyl (C=O) groups excluding carboxylic acids is 2. The summed E-state index contributed by atoms with van der Waals surface area (Å²) in [4.78, 5) is 31.9. The Morgan fingerprint density at radius 3 is 2.47 bits per heavy atom. The predicted molar refractivity (Wildman–Crippen MR) is 127 cm³/mol. The van der Waals surface area contributed by atoms with Crippen molar-refractivity contribution < 1.29 is 27.5 Å². The molecule has 4 aromatic rings. The summed E-state index contributed by atoms with van der Waals surface area (Å²) in [6.07, 6.45) is -4.63. The maximum absolute atomic E-state index is 13.9. The molecule has 0 atom stereocenters. The second-order valence-electron chi connectivity index (χ2n) is 7.32. The topological polar surface area (TPSA) is 59.5 Å². The average molecular weight is 505 g/mol. The zero-order chi connectivity index (χ0) is 24.5. The molecular weight excluding hydrogens is 485 g/mol. The lowest BCUT2D eigenvalue weighted by Gasteiger charge is -2.20. The van der Waals surface area contributed by atoms with Crippen LogP contribution >= 0.6 is 22.7 Å². The lowest BCUT2D eigenvalue weighted by atomic mass is 10.1. The smallest absolute Gasteiger partial charge is 0.417 e. The molecule has 10 heteroatoms. The number of pyridine rings is 1. The Kier molecular flexibility index (Phi) is 6.72. The highest BCUT2D eigenvalue weighted by atomic mass is 32.1. The van der Waals surface area contributed by atoms with Crippen LogP contribution in [0.2, 0.25) is 0 Å². The van der Waals surface area contributed by atoms with Crippen molar-refractivity contribution in [2.75, 3.05) is 18.1 Å². The third kappa shape index (κ3) is 4.69. The van der Waals surface area contributed by atoms with Crippen molar-refractivity contribution in [3.8, 4) is 10.6 Å². The molecule has 0 fully saturated rings. The molecular formula is C24H19F3N2O3S2. The molecule has 4 rings (SSSR count). The van der Waals surface area contributed by atoms with Crippen LogP contribution in [0.3, 0.4) is 0 Å². The molecule has 0 spiro atoms. The number of hydrogen-bond donors (Lipinski definition) is 0. The van der Waals surface area contributed by atoms with E-state index >= 15 is 0 Å². The minimum Gasteiger partial charge on any atom is -0.451 e. The second kappa shape index (κ2) is 9.55. The van der Waals surface area contributed by atoms with Gasteiger partial charge in [-0.15, -0.1) is 22.7 Å². The third-order valence-electron chi connectivity index (χ3n) is 5.18. The van der Waals surface area contributed by atoms with Crippen molar-refractivity contribution >= 4 is 50.5 Å². The molecule has 1 aromatic carbocycles. The number of anilines is 1. The maximum atomic E-state index is 13.9. The summed E-state index contributed by atoms with van der Waals surface area (Å²) in [6.45, 7) is 3.06. The molecule has 0 saturated carbocycles. The molecule has 0 N–H and O–H groups in total. The van der Waals surface area contributed by atoms with Gasteiger partial charge in [0.15, 0.2) is 6.61 Å². The number of amides is 1. The zero-order valence-electron chi connectivity index (χ0n) is 18.2. The van der Waals surface area contributed by atoms with Gasteiger partial charge in [0.05, 0.1) is 16.1 Å². The van der Waals surface area contributed by atoms with Crippen LogP contribution in [0.5, 0.6) is 0 Å². The first kappa shape index (κ1) is 23.9. The van der Waals surface area contributed by atoms with Crippen LogP contribution in [-0.4, -0.2) is 30.0 Å². The van der Waals surface area contributed by atoms with Gasteiger partial charge < -0.3 is 9.64 Å². The summed E-state index contributed by atoms with van der Waals surface area (Å²) in [5, 5.41) is 1.62. The summed E-state index contributed by atoms with van der Waals surface area (Å²) < 4.78 is 46.9. The molecule has 5 nitrogen and oxygen atoms in total. The fraction of sp³-hybridized carbons (Fsp3) is 0.208.